The summed E-state index contributed by atoms with van der Waals surface area (Å²) in [6.45, 7) is 1.83. The largest absolute Gasteiger partial charge is 0.356 e. The van der Waals surface area contributed by atoms with Crippen LogP contribution >= 0.6 is 0 Å². The van der Waals surface area contributed by atoms with Gasteiger partial charge in [-0.15, -0.1) is 0 Å². The molecule has 6 heteroatoms. The molecule has 0 aromatic rings. The summed E-state index contributed by atoms with van der Waals surface area (Å²) in [5.41, 5.74) is 0. The van der Waals surface area contributed by atoms with Gasteiger partial charge in [0.2, 0.25) is 5.91 Å². The van der Waals surface area contributed by atoms with Crippen molar-refractivity contribution in [2.24, 2.45) is 10.9 Å². The molecule has 1 heterocycles. The highest BCUT2D eigenvalue weighted by Gasteiger charge is 2.32. The standard InChI is InChI=1S/C15H27FN4O/c1-17-15(18-9-4-8-16)19-13-7-10-20(11-13)14(21)12-5-2-3-6-12/h12-13H,2-11H2,1H3,(H2,17,18,19). The SMILES string of the molecule is CN=C(NCCCF)NC1CCN(C(=O)C2CCCC2)C1. The number of alkyl halides is 1. The van der Waals surface area contributed by atoms with Gasteiger partial charge in [0.25, 0.3) is 0 Å². The van der Waals surface area contributed by atoms with Gasteiger partial charge in [-0.2, -0.15) is 0 Å². The molecule has 0 spiro atoms. The Morgan fingerprint density at radius 2 is 2.10 bits per heavy atom. The third-order valence-electron chi connectivity index (χ3n) is 4.37. The van der Waals surface area contributed by atoms with E-state index < -0.39 is 0 Å². The fourth-order valence-corrected chi connectivity index (χ4v) is 3.17. The number of rotatable bonds is 5. The third-order valence-corrected chi connectivity index (χ3v) is 4.37. The second kappa shape index (κ2) is 8.20. The Kier molecular flexibility index (Phi) is 6.26. The number of likely N-dealkylation sites (tertiary alicyclic amines) is 1. The van der Waals surface area contributed by atoms with E-state index in [0.29, 0.717) is 24.8 Å². The first-order valence-electron chi connectivity index (χ1n) is 8.06. The number of hydrogen-bond donors (Lipinski definition) is 2. The molecule has 1 saturated heterocycles. The molecule has 1 aliphatic heterocycles. The highest BCUT2D eigenvalue weighted by atomic mass is 19.1. The zero-order valence-corrected chi connectivity index (χ0v) is 12.9. The Balaban J connectivity index is 1.74. The number of guanidine groups is 1. The van der Waals surface area contributed by atoms with Crippen molar-refractivity contribution in [3.05, 3.63) is 0 Å². The number of halogens is 1. The third kappa shape index (κ3) is 4.58. The number of nitrogens with zero attached hydrogens (tertiary/aromatic N) is 2. The second-order valence-electron chi connectivity index (χ2n) is 5.94. The van der Waals surface area contributed by atoms with Gasteiger partial charge in [-0.3, -0.25) is 14.2 Å². The van der Waals surface area contributed by atoms with Gasteiger partial charge in [0.1, 0.15) is 0 Å². The average molecular weight is 298 g/mol. The number of carbonyl (C=O) groups is 1. The fourth-order valence-electron chi connectivity index (χ4n) is 3.17. The van der Waals surface area contributed by atoms with Crippen molar-refractivity contribution in [2.75, 3.05) is 33.4 Å². The maximum absolute atomic E-state index is 12.4. The van der Waals surface area contributed by atoms with Gasteiger partial charge >= 0.3 is 0 Å². The van der Waals surface area contributed by atoms with Crippen molar-refractivity contribution in [3.8, 4) is 0 Å². The average Bonchev–Trinajstić information content (AvgIpc) is 3.17. The van der Waals surface area contributed by atoms with E-state index in [2.05, 4.69) is 15.6 Å². The van der Waals surface area contributed by atoms with Crippen LogP contribution in [-0.4, -0.2) is 56.2 Å². The van der Waals surface area contributed by atoms with Crippen LogP contribution in [0.25, 0.3) is 0 Å². The molecule has 0 aromatic carbocycles. The lowest BCUT2D eigenvalue weighted by Crippen LogP contribution is -2.45. The van der Waals surface area contributed by atoms with Crippen molar-refractivity contribution in [1.29, 1.82) is 0 Å². The van der Waals surface area contributed by atoms with Gasteiger partial charge in [0, 0.05) is 38.6 Å². The first-order valence-corrected chi connectivity index (χ1v) is 8.06. The predicted octanol–water partition coefficient (Wildman–Crippen LogP) is 1.30. The lowest BCUT2D eigenvalue weighted by atomic mass is 10.1. The molecule has 1 amide bonds. The number of hydrogen-bond acceptors (Lipinski definition) is 2. The Morgan fingerprint density at radius 1 is 1.33 bits per heavy atom. The maximum atomic E-state index is 12.4. The molecule has 5 nitrogen and oxygen atoms in total. The Labute approximate surface area is 126 Å². The van der Waals surface area contributed by atoms with E-state index in [1.807, 2.05) is 4.90 Å². The van der Waals surface area contributed by atoms with Gasteiger partial charge in [-0.1, -0.05) is 12.8 Å². The molecule has 2 fully saturated rings. The summed E-state index contributed by atoms with van der Waals surface area (Å²) in [6, 6.07) is 0.243. The zero-order chi connectivity index (χ0) is 15.1. The molecule has 0 bridgehead atoms. The highest BCUT2D eigenvalue weighted by Crippen LogP contribution is 2.27. The Morgan fingerprint density at radius 3 is 2.76 bits per heavy atom. The van der Waals surface area contributed by atoms with Crippen LogP contribution < -0.4 is 10.6 Å². The molecule has 2 N–H and O–H groups in total. The molecule has 120 valence electrons. The van der Waals surface area contributed by atoms with Crippen LogP contribution in [0.15, 0.2) is 4.99 Å². The number of nitrogens with one attached hydrogen (secondary N) is 2. The van der Waals surface area contributed by atoms with E-state index in [1.54, 1.807) is 7.05 Å². The molecule has 2 aliphatic rings. The van der Waals surface area contributed by atoms with Crippen molar-refractivity contribution >= 4 is 11.9 Å². The van der Waals surface area contributed by atoms with Crippen molar-refractivity contribution in [1.82, 2.24) is 15.5 Å². The smallest absolute Gasteiger partial charge is 0.225 e. The van der Waals surface area contributed by atoms with E-state index in [0.717, 1.165) is 32.4 Å². The van der Waals surface area contributed by atoms with Crippen molar-refractivity contribution in [3.63, 3.8) is 0 Å². The lowest BCUT2D eigenvalue weighted by Gasteiger charge is -2.21. The topological polar surface area (TPSA) is 56.7 Å². The molecule has 1 saturated carbocycles. The Hall–Kier alpha value is -1.33. The van der Waals surface area contributed by atoms with E-state index >= 15 is 0 Å². The van der Waals surface area contributed by atoms with E-state index in [9.17, 15) is 9.18 Å². The van der Waals surface area contributed by atoms with E-state index in [4.69, 9.17) is 0 Å². The first-order chi connectivity index (χ1) is 10.2. The van der Waals surface area contributed by atoms with Crippen LogP contribution in [0.5, 0.6) is 0 Å². The van der Waals surface area contributed by atoms with Crippen LogP contribution in [0.3, 0.4) is 0 Å². The minimum atomic E-state index is -0.322. The van der Waals surface area contributed by atoms with Crippen LogP contribution in [-0.2, 0) is 4.79 Å². The predicted molar refractivity (Wildman–Crippen MR) is 82.0 cm³/mol. The molecule has 0 aromatic heterocycles. The van der Waals surface area contributed by atoms with Crippen LogP contribution in [0.1, 0.15) is 38.5 Å². The molecule has 1 aliphatic carbocycles. The summed E-state index contributed by atoms with van der Waals surface area (Å²) in [4.78, 5) is 18.5. The summed E-state index contributed by atoms with van der Waals surface area (Å²) >= 11 is 0. The van der Waals surface area contributed by atoms with Gasteiger partial charge in [0.15, 0.2) is 5.96 Å². The van der Waals surface area contributed by atoms with E-state index in [-0.39, 0.29) is 18.6 Å². The lowest BCUT2D eigenvalue weighted by molar-refractivity contribution is -0.134. The fraction of sp³-hybridized carbons (Fsp3) is 0.867. The van der Waals surface area contributed by atoms with E-state index in [1.165, 1.54) is 12.8 Å². The summed E-state index contributed by atoms with van der Waals surface area (Å²) < 4.78 is 12.1. The summed E-state index contributed by atoms with van der Waals surface area (Å²) in [7, 11) is 1.71. The number of carbonyl (C=O) groups excluding carboxylic acids is 1. The number of aliphatic imine (C=N–C) groups is 1. The molecule has 0 radical (unpaired) electrons. The van der Waals surface area contributed by atoms with Gasteiger partial charge in [-0.25, -0.2) is 0 Å². The maximum Gasteiger partial charge on any atom is 0.225 e. The Bertz CT molecular complexity index is 369. The second-order valence-corrected chi connectivity index (χ2v) is 5.94. The van der Waals surface area contributed by atoms with Gasteiger partial charge < -0.3 is 15.5 Å². The van der Waals surface area contributed by atoms with Gasteiger partial charge in [-0.05, 0) is 25.7 Å². The summed E-state index contributed by atoms with van der Waals surface area (Å²) in [5, 5.41) is 6.41. The molecule has 21 heavy (non-hydrogen) atoms. The highest BCUT2D eigenvalue weighted by molar-refractivity contribution is 5.81. The van der Waals surface area contributed by atoms with Crippen LogP contribution in [0.4, 0.5) is 4.39 Å². The normalized spacial score (nSPS) is 23.6. The van der Waals surface area contributed by atoms with Gasteiger partial charge in [0.05, 0.1) is 6.67 Å². The minimum Gasteiger partial charge on any atom is -0.356 e. The monoisotopic (exact) mass is 298 g/mol. The molecule has 2 rings (SSSR count). The van der Waals surface area contributed by atoms with Crippen LogP contribution in [0.2, 0.25) is 0 Å². The first kappa shape index (κ1) is 16.0. The summed E-state index contributed by atoms with van der Waals surface area (Å²) in [6.07, 6.45) is 5.92. The molecule has 1 atom stereocenters. The van der Waals surface area contributed by atoms with Crippen LogP contribution in [0, 0.1) is 5.92 Å². The number of amides is 1. The zero-order valence-electron chi connectivity index (χ0n) is 12.9. The molecular formula is C15H27FN4O. The van der Waals surface area contributed by atoms with Crippen molar-refractivity contribution < 1.29 is 9.18 Å². The van der Waals surface area contributed by atoms with Crippen molar-refractivity contribution in [2.45, 2.75) is 44.6 Å². The summed E-state index contributed by atoms with van der Waals surface area (Å²) in [5.74, 6) is 1.28. The molecular weight excluding hydrogens is 271 g/mol. The quantitative estimate of drug-likeness (QED) is 0.457. The molecule has 1 unspecified atom stereocenters. The minimum absolute atomic E-state index is 0.243.